The molecule has 0 aliphatic carbocycles. The normalized spacial score (nSPS) is 16.5. The van der Waals surface area contributed by atoms with Gasteiger partial charge in [-0.25, -0.2) is 0 Å². The Morgan fingerprint density at radius 3 is 2.69 bits per heavy atom. The van der Waals surface area contributed by atoms with E-state index in [0.29, 0.717) is 29.7 Å². The largest absolute Gasteiger partial charge is 0.503 e. The maximum atomic E-state index is 13.3. The minimum atomic E-state index is -0.645. The number of aliphatic hydroxyl groups excluding tert-OH is 1. The second kappa shape index (κ2) is 10.8. The summed E-state index contributed by atoms with van der Waals surface area (Å²) in [5.74, 6) is -0.0351. The van der Waals surface area contributed by atoms with Crippen LogP contribution in [0, 0.1) is 5.92 Å². The van der Waals surface area contributed by atoms with Crippen LogP contribution in [0.4, 0.5) is 0 Å². The number of hydrogen-bond donors (Lipinski definition) is 1. The summed E-state index contributed by atoms with van der Waals surface area (Å²) in [6.07, 6.45) is 1.67. The smallest absolute Gasteiger partial charge is 0.290 e. The van der Waals surface area contributed by atoms with Crippen molar-refractivity contribution in [3.05, 3.63) is 63.6 Å². The summed E-state index contributed by atoms with van der Waals surface area (Å²) in [6, 6.07) is 10.4. The number of aliphatic hydroxyl groups is 1. The molecule has 1 aliphatic heterocycles. The Balaban J connectivity index is 1.94. The molecular formula is C25H32N2O4S. The number of carbonyl (C=O) groups excluding carboxylic acids is 2. The van der Waals surface area contributed by atoms with Crippen LogP contribution in [-0.4, -0.2) is 60.4 Å². The molecule has 0 radical (unpaired) electrons. The number of rotatable bonds is 11. The molecule has 2 heterocycles. The second-order valence-electron chi connectivity index (χ2n) is 8.73. The van der Waals surface area contributed by atoms with Gasteiger partial charge in [-0.3, -0.25) is 9.59 Å². The highest BCUT2D eigenvalue weighted by atomic mass is 32.1. The number of thiophene rings is 1. The van der Waals surface area contributed by atoms with Crippen molar-refractivity contribution in [3.63, 3.8) is 0 Å². The minimum absolute atomic E-state index is 0.140. The number of ketones is 1. The molecule has 1 atom stereocenters. The Kier molecular flexibility index (Phi) is 8.10. The van der Waals surface area contributed by atoms with E-state index < -0.39 is 17.7 Å². The average molecular weight is 457 g/mol. The first-order chi connectivity index (χ1) is 15.3. The number of benzene rings is 1. The Labute approximate surface area is 194 Å². The molecule has 0 unspecified atom stereocenters. The second-order valence-corrected chi connectivity index (χ2v) is 9.68. The third kappa shape index (κ3) is 5.58. The average Bonchev–Trinajstić information content (AvgIpc) is 3.36. The molecule has 6 nitrogen and oxygen atoms in total. The number of Topliss-reactive ketones (excluding diaryl/α,β-unsaturated/α-hetero) is 1. The van der Waals surface area contributed by atoms with Crippen LogP contribution in [0.25, 0.3) is 0 Å². The van der Waals surface area contributed by atoms with E-state index in [9.17, 15) is 14.7 Å². The quantitative estimate of drug-likeness (QED) is 0.496. The van der Waals surface area contributed by atoms with E-state index in [1.165, 1.54) is 11.3 Å². The van der Waals surface area contributed by atoms with Crippen LogP contribution in [-0.2, 0) is 4.79 Å². The van der Waals surface area contributed by atoms with E-state index >= 15 is 0 Å². The third-order valence-corrected chi connectivity index (χ3v) is 6.30. The Hall–Kier alpha value is -2.64. The van der Waals surface area contributed by atoms with Gasteiger partial charge in [-0.2, -0.15) is 0 Å². The highest BCUT2D eigenvalue weighted by molar-refractivity contribution is 7.12. The molecule has 172 valence electrons. The van der Waals surface area contributed by atoms with Crippen molar-refractivity contribution < 1.29 is 19.4 Å². The zero-order valence-corrected chi connectivity index (χ0v) is 20.0. The lowest BCUT2D eigenvalue weighted by atomic mass is 9.95. The maximum Gasteiger partial charge on any atom is 0.290 e. The predicted octanol–water partition coefficient (Wildman–Crippen LogP) is 4.70. The predicted molar refractivity (Wildman–Crippen MR) is 127 cm³/mol. The van der Waals surface area contributed by atoms with Gasteiger partial charge >= 0.3 is 0 Å². The molecule has 0 bridgehead atoms. The summed E-state index contributed by atoms with van der Waals surface area (Å²) < 4.78 is 5.91. The molecule has 0 fully saturated rings. The summed E-state index contributed by atoms with van der Waals surface area (Å²) in [5.41, 5.74) is 0.899. The van der Waals surface area contributed by atoms with Crippen LogP contribution < -0.4 is 4.74 Å². The van der Waals surface area contributed by atoms with Crippen LogP contribution in [0.5, 0.6) is 5.75 Å². The summed E-state index contributed by atoms with van der Waals surface area (Å²) in [4.78, 5) is 30.4. The highest BCUT2D eigenvalue weighted by Gasteiger charge is 2.43. The summed E-state index contributed by atoms with van der Waals surface area (Å²) >= 11 is 1.30. The molecule has 1 aliphatic rings. The monoisotopic (exact) mass is 456 g/mol. The number of amides is 1. The molecule has 1 amide bonds. The molecular weight excluding hydrogens is 424 g/mol. The number of hydrogen-bond acceptors (Lipinski definition) is 6. The van der Waals surface area contributed by atoms with Gasteiger partial charge in [-0.15, -0.1) is 11.3 Å². The van der Waals surface area contributed by atoms with Gasteiger partial charge in [-0.05, 0) is 68.5 Å². The van der Waals surface area contributed by atoms with Gasteiger partial charge in [-0.1, -0.05) is 32.0 Å². The van der Waals surface area contributed by atoms with E-state index in [0.717, 1.165) is 24.9 Å². The van der Waals surface area contributed by atoms with Gasteiger partial charge in [0.1, 0.15) is 5.75 Å². The van der Waals surface area contributed by atoms with Crippen LogP contribution in [0.2, 0.25) is 0 Å². The van der Waals surface area contributed by atoms with Crippen molar-refractivity contribution in [1.29, 1.82) is 0 Å². The van der Waals surface area contributed by atoms with Crippen molar-refractivity contribution >= 4 is 23.0 Å². The van der Waals surface area contributed by atoms with Gasteiger partial charge in [0.15, 0.2) is 5.76 Å². The van der Waals surface area contributed by atoms with Crippen molar-refractivity contribution in [2.75, 3.05) is 33.8 Å². The SMILES string of the molecule is CC(C)CCOc1cccc([C@@H]2C(C(=O)c3cccs3)=C(O)C(=O)N2CCCN(C)C)c1. The van der Waals surface area contributed by atoms with E-state index in [-0.39, 0.29) is 11.4 Å². The van der Waals surface area contributed by atoms with Crippen LogP contribution in [0.15, 0.2) is 53.1 Å². The van der Waals surface area contributed by atoms with Crippen LogP contribution in [0.1, 0.15) is 48.0 Å². The van der Waals surface area contributed by atoms with Crippen LogP contribution in [0.3, 0.4) is 0 Å². The lowest BCUT2D eigenvalue weighted by Crippen LogP contribution is -2.33. The van der Waals surface area contributed by atoms with Crippen molar-refractivity contribution in [3.8, 4) is 5.75 Å². The van der Waals surface area contributed by atoms with E-state index in [1.54, 1.807) is 17.0 Å². The zero-order valence-electron chi connectivity index (χ0n) is 19.2. The lowest BCUT2D eigenvalue weighted by molar-refractivity contribution is -0.129. The topological polar surface area (TPSA) is 70.1 Å². The summed E-state index contributed by atoms with van der Waals surface area (Å²) in [7, 11) is 3.95. The minimum Gasteiger partial charge on any atom is -0.503 e. The molecule has 1 aromatic carbocycles. The standard InChI is InChI=1S/C25H32N2O4S/c1-17(2)11-14-31-19-9-5-8-18(16-19)22-21(23(28)20-10-6-15-32-20)24(29)25(30)27(22)13-7-12-26(3)4/h5-6,8-10,15-17,22,29H,7,11-14H2,1-4H3/t22-/m1/s1. The molecule has 1 N–H and O–H groups in total. The lowest BCUT2D eigenvalue weighted by Gasteiger charge is -2.27. The first-order valence-corrected chi connectivity index (χ1v) is 11.9. The van der Waals surface area contributed by atoms with Crippen molar-refractivity contribution in [2.24, 2.45) is 5.92 Å². The first kappa shape index (κ1) is 24.0. The molecule has 0 spiro atoms. The zero-order chi connectivity index (χ0) is 23.3. The van der Waals surface area contributed by atoms with E-state index in [4.69, 9.17) is 4.74 Å². The number of carbonyl (C=O) groups is 2. The summed E-state index contributed by atoms with van der Waals surface area (Å²) in [6.45, 7) is 6.12. The van der Waals surface area contributed by atoms with Gasteiger partial charge in [0.25, 0.3) is 5.91 Å². The molecule has 0 saturated carbocycles. The number of nitrogens with zero attached hydrogens (tertiary/aromatic N) is 2. The van der Waals surface area contributed by atoms with Gasteiger partial charge in [0.2, 0.25) is 5.78 Å². The summed E-state index contributed by atoms with van der Waals surface area (Å²) in [5, 5.41) is 12.6. The Bertz CT molecular complexity index is 966. The van der Waals surface area contributed by atoms with Crippen LogP contribution >= 0.6 is 11.3 Å². The molecule has 0 saturated heterocycles. The van der Waals surface area contributed by atoms with Gasteiger partial charge in [0, 0.05) is 6.54 Å². The third-order valence-electron chi connectivity index (χ3n) is 5.44. The Morgan fingerprint density at radius 1 is 1.25 bits per heavy atom. The number of ether oxygens (including phenoxy) is 1. The van der Waals surface area contributed by atoms with Crippen molar-refractivity contribution in [2.45, 2.75) is 32.7 Å². The van der Waals surface area contributed by atoms with Gasteiger partial charge < -0.3 is 19.6 Å². The fourth-order valence-corrected chi connectivity index (χ4v) is 4.43. The fourth-order valence-electron chi connectivity index (χ4n) is 3.75. The van der Waals surface area contributed by atoms with E-state index in [2.05, 4.69) is 13.8 Å². The Morgan fingerprint density at radius 2 is 2.03 bits per heavy atom. The molecule has 2 aromatic rings. The van der Waals surface area contributed by atoms with E-state index in [1.807, 2.05) is 48.6 Å². The molecule has 3 rings (SSSR count). The maximum absolute atomic E-state index is 13.3. The molecule has 32 heavy (non-hydrogen) atoms. The fraction of sp³-hybridized carbons (Fsp3) is 0.440. The highest BCUT2D eigenvalue weighted by Crippen LogP contribution is 2.40. The van der Waals surface area contributed by atoms with Crippen molar-refractivity contribution in [1.82, 2.24) is 9.80 Å². The molecule has 7 heteroatoms. The first-order valence-electron chi connectivity index (χ1n) is 11.0. The van der Waals surface area contributed by atoms with Gasteiger partial charge in [0.05, 0.1) is 23.1 Å². The molecule has 1 aromatic heterocycles.